The lowest BCUT2D eigenvalue weighted by atomic mass is 10.1. The van der Waals surface area contributed by atoms with Gasteiger partial charge in [-0.15, -0.1) is 0 Å². The molecule has 0 aliphatic carbocycles. The van der Waals surface area contributed by atoms with Crippen LogP contribution in [0, 0.1) is 6.92 Å². The van der Waals surface area contributed by atoms with Gasteiger partial charge in [-0.2, -0.15) is 0 Å². The summed E-state index contributed by atoms with van der Waals surface area (Å²) in [6, 6.07) is 2.31. The molecule has 0 atom stereocenters. The molecule has 0 amide bonds. The number of aromatic nitrogens is 2. The number of nitrogens with zero attached hydrogens (tertiary/aromatic N) is 3. The van der Waals surface area contributed by atoms with Crippen LogP contribution in [0.15, 0.2) is 6.07 Å². The molecule has 1 heterocycles. The van der Waals surface area contributed by atoms with E-state index in [1.807, 2.05) is 6.92 Å². The van der Waals surface area contributed by atoms with E-state index in [1.54, 1.807) is 13.2 Å². The van der Waals surface area contributed by atoms with Crippen molar-refractivity contribution in [3.63, 3.8) is 0 Å². The Morgan fingerprint density at radius 2 is 2.00 bits per heavy atom. The third-order valence-corrected chi connectivity index (χ3v) is 3.45. The molecule has 19 heavy (non-hydrogen) atoms. The van der Waals surface area contributed by atoms with Crippen molar-refractivity contribution in [1.82, 2.24) is 14.9 Å². The molecule has 0 aromatic carbocycles. The smallest absolute Gasteiger partial charge is 0.144 e. The van der Waals surface area contributed by atoms with E-state index >= 15 is 0 Å². The highest BCUT2D eigenvalue weighted by molar-refractivity contribution is 6.29. The molecule has 5 heteroatoms. The van der Waals surface area contributed by atoms with Crippen LogP contribution in [0.2, 0.25) is 5.15 Å². The van der Waals surface area contributed by atoms with Gasteiger partial charge in [-0.1, -0.05) is 25.4 Å². The maximum absolute atomic E-state index is 5.99. The normalized spacial score (nSPS) is 11.5. The SMILES string of the molecule is CCC(CC)N(CCOC)Cc1nc(C)cc(Cl)n1. The zero-order valence-corrected chi connectivity index (χ0v) is 13.1. The fourth-order valence-corrected chi connectivity index (χ4v) is 2.50. The molecule has 1 aromatic rings. The van der Waals surface area contributed by atoms with E-state index < -0.39 is 0 Å². The zero-order chi connectivity index (χ0) is 14.3. The van der Waals surface area contributed by atoms with Crippen LogP contribution in [0.1, 0.15) is 38.2 Å². The molecule has 0 saturated heterocycles. The van der Waals surface area contributed by atoms with Gasteiger partial charge in [0.25, 0.3) is 0 Å². The molecule has 1 aromatic heterocycles. The van der Waals surface area contributed by atoms with Crippen LogP contribution < -0.4 is 0 Å². The van der Waals surface area contributed by atoms with Gasteiger partial charge in [-0.3, -0.25) is 4.90 Å². The summed E-state index contributed by atoms with van der Waals surface area (Å²) < 4.78 is 5.19. The van der Waals surface area contributed by atoms with E-state index in [2.05, 4.69) is 28.7 Å². The maximum atomic E-state index is 5.99. The quantitative estimate of drug-likeness (QED) is 0.688. The Balaban J connectivity index is 2.80. The second kappa shape index (κ2) is 8.46. The topological polar surface area (TPSA) is 38.2 Å². The van der Waals surface area contributed by atoms with E-state index in [-0.39, 0.29) is 0 Å². The predicted molar refractivity (Wildman–Crippen MR) is 78.4 cm³/mol. The summed E-state index contributed by atoms with van der Waals surface area (Å²) in [6.45, 7) is 8.68. The van der Waals surface area contributed by atoms with Crippen molar-refractivity contribution in [2.45, 2.75) is 46.2 Å². The number of aryl methyl sites for hydroxylation is 1. The van der Waals surface area contributed by atoms with Crippen molar-refractivity contribution < 1.29 is 4.74 Å². The van der Waals surface area contributed by atoms with Gasteiger partial charge in [0.2, 0.25) is 0 Å². The highest BCUT2D eigenvalue weighted by atomic mass is 35.5. The van der Waals surface area contributed by atoms with E-state index in [1.165, 1.54) is 0 Å². The highest BCUT2D eigenvalue weighted by Gasteiger charge is 2.16. The fourth-order valence-electron chi connectivity index (χ4n) is 2.25. The summed E-state index contributed by atoms with van der Waals surface area (Å²) in [6.07, 6.45) is 2.22. The lowest BCUT2D eigenvalue weighted by molar-refractivity contribution is 0.108. The molecule has 4 nitrogen and oxygen atoms in total. The molecule has 0 fully saturated rings. The minimum Gasteiger partial charge on any atom is -0.383 e. The minimum atomic E-state index is 0.513. The van der Waals surface area contributed by atoms with Gasteiger partial charge in [0.05, 0.1) is 13.2 Å². The van der Waals surface area contributed by atoms with Crippen LogP contribution in [0.25, 0.3) is 0 Å². The molecule has 0 radical (unpaired) electrons. The molecule has 0 bridgehead atoms. The van der Waals surface area contributed by atoms with Crippen molar-refractivity contribution in [3.05, 3.63) is 22.7 Å². The van der Waals surface area contributed by atoms with Crippen LogP contribution in [-0.4, -0.2) is 41.2 Å². The fraction of sp³-hybridized carbons (Fsp3) is 0.714. The summed E-state index contributed by atoms with van der Waals surface area (Å²) >= 11 is 5.99. The van der Waals surface area contributed by atoms with Gasteiger partial charge in [-0.25, -0.2) is 9.97 Å². The average Bonchev–Trinajstić information content (AvgIpc) is 2.35. The number of halogens is 1. The van der Waals surface area contributed by atoms with E-state index in [0.29, 0.717) is 11.2 Å². The van der Waals surface area contributed by atoms with E-state index in [4.69, 9.17) is 16.3 Å². The van der Waals surface area contributed by atoms with Gasteiger partial charge in [0, 0.05) is 25.4 Å². The zero-order valence-electron chi connectivity index (χ0n) is 12.3. The summed E-state index contributed by atoms with van der Waals surface area (Å²) in [5.74, 6) is 0.785. The Labute approximate surface area is 121 Å². The summed E-state index contributed by atoms with van der Waals surface area (Å²) in [4.78, 5) is 11.1. The number of hydrogen-bond acceptors (Lipinski definition) is 4. The van der Waals surface area contributed by atoms with Crippen LogP contribution in [0.3, 0.4) is 0 Å². The lowest BCUT2D eigenvalue weighted by Gasteiger charge is -2.29. The van der Waals surface area contributed by atoms with Gasteiger partial charge in [-0.05, 0) is 25.8 Å². The third kappa shape index (κ3) is 5.43. The van der Waals surface area contributed by atoms with Crippen molar-refractivity contribution >= 4 is 11.6 Å². The first-order valence-electron chi connectivity index (χ1n) is 6.83. The van der Waals surface area contributed by atoms with Crippen molar-refractivity contribution in [2.75, 3.05) is 20.3 Å². The number of rotatable bonds is 8. The molecule has 0 aliphatic heterocycles. The molecule has 0 saturated carbocycles. The van der Waals surface area contributed by atoms with Crippen molar-refractivity contribution in [2.24, 2.45) is 0 Å². The molecular formula is C14H24ClN3O. The van der Waals surface area contributed by atoms with Crippen LogP contribution in [0.4, 0.5) is 0 Å². The number of methoxy groups -OCH3 is 1. The highest BCUT2D eigenvalue weighted by Crippen LogP contribution is 2.13. The Kier molecular flexibility index (Phi) is 7.28. The first kappa shape index (κ1) is 16.3. The second-order valence-corrected chi connectivity index (χ2v) is 5.07. The van der Waals surface area contributed by atoms with Gasteiger partial charge < -0.3 is 4.74 Å². The average molecular weight is 286 g/mol. The predicted octanol–water partition coefficient (Wildman–Crippen LogP) is 3.08. The Morgan fingerprint density at radius 3 is 2.53 bits per heavy atom. The van der Waals surface area contributed by atoms with Crippen LogP contribution in [0.5, 0.6) is 0 Å². The Morgan fingerprint density at radius 1 is 1.32 bits per heavy atom. The Bertz CT molecular complexity index is 363. The standard InChI is InChI=1S/C14H24ClN3O/c1-5-12(6-2)18(7-8-19-4)10-14-16-11(3)9-13(15)17-14/h9,12H,5-8,10H2,1-4H3. The molecular weight excluding hydrogens is 262 g/mol. The molecule has 0 unspecified atom stereocenters. The Hall–Kier alpha value is -0.710. The number of ether oxygens (including phenoxy) is 1. The van der Waals surface area contributed by atoms with Gasteiger partial charge in [0.1, 0.15) is 11.0 Å². The third-order valence-electron chi connectivity index (χ3n) is 3.26. The summed E-state index contributed by atoms with van der Waals surface area (Å²) in [5, 5.41) is 0.513. The maximum Gasteiger partial charge on any atom is 0.144 e. The lowest BCUT2D eigenvalue weighted by Crippen LogP contribution is -2.37. The first-order chi connectivity index (χ1) is 9.10. The first-order valence-corrected chi connectivity index (χ1v) is 7.21. The van der Waals surface area contributed by atoms with Crippen molar-refractivity contribution in [3.8, 4) is 0 Å². The number of hydrogen-bond donors (Lipinski definition) is 0. The molecule has 108 valence electrons. The summed E-state index contributed by atoms with van der Waals surface area (Å²) in [7, 11) is 1.73. The van der Waals surface area contributed by atoms with Crippen molar-refractivity contribution in [1.29, 1.82) is 0 Å². The molecule has 1 rings (SSSR count). The monoisotopic (exact) mass is 285 g/mol. The van der Waals surface area contributed by atoms with Crippen LogP contribution >= 0.6 is 11.6 Å². The molecule has 0 N–H and O–H groups in total. The molecule has 0 aliphatic rings. The van der Waals surface area contributed by atoms with Crippen LogP contribution in [-0.2, 0) is 11.3 Å². The van der Waals surface area contributed by atoms with E-state index in [9.17, 15) is 0 Å². The largest absolute Gasteiger partial charge is 0.383 e. The molecule has 0 spiro atoms. The van der Waals surface area contributed by atoms with E-state index in [0.717, 1.165) is 44.1 Å². The minimum absolute atomic E-state index is 0.513. The van der Waals surface area contributed by atoms with Gasteiger partial charge >= 0.3 is 0 Å². The van der Waals surface area contributed by atoms with Gasteiger partial charge in [0.15, 0.2) is 0 Å². The second-order valence-electron chi connectivity index (χ2n) is 4.68. The summed E-state index contributed by atoms with van der Waals surface area (Å²) in [5.41, 5.74) is 0.909.